The number of amides is 1. The fourth-order valence-electron chi connectivity index (χ4n) is 3.77. The van der Waals surface area contributed by atoms with E-state index in [0.29, 0.717) is 0 Å². The maximum Gasteiger partial charge on any atom is 0.338 e. The van der Waals surface area contributed by atoms with Gasteiger partial charge in [0.2, 0.25) is 12.1 Å². The second kappa shape index (κ2) is 11.3. The Balaban J connectivity index is 2.02. The summed E-state index contributed by atoms with van der Waals surface area (Å²) in [6.07, 6.45) is -4.14. The smallest absolute Gasteiger partial charge is 0.338 e. The van der Waals surface area contributed by atoms with E-state index >= 15 is 0 Å². The van der Waals surface area contributed by atoms with Crippen LogP contribution in [0.15, 0.2) is 60.7 Å². The molecule has 1 amide bonds. The van der Waals surface area contributed by atoms with Gasteiger partial charge in [-0.25, -0.2) is 9.59 Å². The van der Waals surface area contributed by atoms with Crippen LogP contribution in [0.2, 0.25) is 0 Å². The van der Waals surface area contributed by atoms with Crippen molar-refractivity contribution in [2.24, 2.45) is 0 Å². The topological polar surface area (TPSA) is 126 Å². The van der Waals surface area contributed by atoms with Crippen molar-refractivity contribution in [1.82, 2.24) is 4.90 Å². The van der Waals surface area contributed by atoms with Crippen LogP contribution in [-0.4, -0.2) is 65.8 Å². The molecule has 3 rings (SSSR count). The number of nitrogens with zero attached hydrogens (tertiary/aromatic N) is 1. The second-order valence-electron chi connectivity index (χ2n) is 7.77. The van der Waals surface area contributed by atoms with Crippen LogP contribution < -0.4 is 0 Å². The third-order valence-electron chi connectivity index (χ3n) is 5.23. The van der Waals surface area contributed by atoms with E-state index in [4.69, 9.17) is 18.9 Å². The summed E-state index contributed by atoms with van der Waals surface area (Å²) in [6.45, 7) is 3.11. The first-order valence-electron chi connectivity index (χ1n) is 10.8. The van der Waals surface area contributed by atoms with Crippen molar-refractivity contribution in [3.8, 4) is 0 Å². The summed E-state index contributed by atoms with van der Waals surface area (Å²) in [4.78, 5) is 62.9. The van der Waals surface area contributed by atoms with E-state index in [9.17, 15) is 24.0 Å². The van der Waals surface area contributed by atoms with Gasteiger partial charge in [0, 0.05) is 20.8 Å². The van der Waals surface area contributed by atoms with Crippen LogP contribution in [0.4, 0.5) is 0 Å². The molecule has 35 heavy (non-hydrogen) atoms. The standard InChI is InChI=1S/C25H25NO9/c1-15(27)26-20(14-32-16(2)28)21(34-24(30)18-10-6-4-7-11-18)22(23(26)33-17(3)29)35-25(31)19-12-8-5-9-13-19/h4-13,20-23H,14H2,1-3H3/t20-,21-,22-,23?/m1/s1. The van der Waals surface area contributed by atoms with Gasteiger partial charge in [0.05, 0.1) is 11.1 Å². The molecule has 10 nitrogen and oxygen atoms in total. The van der Waals surface area contributed by atoms with Gasteiger partial charge < -0.3 is 18.9 Å². The molecule has 4 atom stereocenters. The number of hydrogen-bond acceptors (Lipinski definition) is 9. The highest BCUT2D eigenvalue weighted by molar-refractivity contribution is 5.90. The molecule has 0 spiro atoms. The molecular formula is C25H25NO9. The molecule has 10 heteroatoms. The van der Waals surface area contributed by atoms with E-state index in [1.165, 1.54) is 38.1 Å². The van der Waals surface area contributed by atoms with Crippen molar-refractivity contribution >= 4 is 29.8 Å². The molecule has 0 aliphatic carbocycles. The molecule has 0 saturated carbocycles. The predicted molar refractivity (Wildman–Crippen MR) is 120 cm³/mol. The molecule has 0 N–H and O–H groups in total. The quantitative estimate of drug-likeness (QED) is 0.430. The van der Waals surface area contributed by atoms with Crippen LogP contribution in [0.25, 0.3) is 0 Å². The third-order valence-corrected chi connectivity index (χ3v) is 5.23. The van der Waals surface area contributed by atoms with E-state index in [-0.39, 0.29) is 11.1 Å². The molecule has 0 aromatic heterocycles. The maximum atomic E-state index is 12.9. The number of likely N-dealkylation sites (tertiary alicyclic amines) is 1. The fourth-order valence-corrected chi connectivity index (χ4v) is 3.77. The summed E-state index contributed by atoms with van der Waals surface area (Å²) in [5.41, 5.74) is 0.400. The lowest BCUT2D eigenvalue weighted by Crippen LogP contribution is -2.47. The molecule has 1 fully saturated rings. The summed E-state index contributed by atoms with van der Waals surface area (Å²) in [6, 6.07) is 15.0. The Hall–Kier alpha value is -4.21. The normalized spacial score (nSPS) is 21.1. The van der Waals surface area contributed by atoms with Crippen molar-refractivity contribution in [3.05, 3.63) is 71.8 Å². The molecule has 1 aliphatic rings. The van der Waals surface area contributed by atoms with E-state index in [1.807, 2.05) is 0 Å². The van der Waals surface area contributed by atoms with Crippen LogP contribution in [-0.2, 0) is 33.3 Å². The Morgan fingerprint density at radius 1 is 0.686 bits per heavy atom. The zero-order chi connectivity index (χ0) is 25.5. The van der Waals surface area contributed by atoms with Gasteiger partial charge in [-0.15, -0.1) is 0 Å². The van der Waals surface area contributed by atoms with Crippen LogP contribution >= 0.6 is 0 Å². The van der Waals surface area contributed by atoms with Gasteiger partial charge >= 0.3 is 23.9 Å². The Morgan fingerprint density at radius 3 is 1.60 bits per heavy atom. The van der Waals surface area contributed by atoms with Crippen LogP contribution in [0.1, 0.15) is 41.5 Å². The first-order valence-corrected chi connectivity index (χ1v) is 10.8. The van der Waals surface area contributed by atoms with Crippen molar-refractivity contribution in [1.29, 1.82) is 0 Å². The van der Waals surface area contributed by atoms with Crippen molar-refractivity contribution in [3.63, 3.8) is 0 Å². The van der Waals surface area contributed by atoms with Crippen LogP contribution in [0.5, 0.6) is 0 Å². The number of carbonyl (C=O) groups is 5. The third kappa shape index (κ3) is 6.23. The van der Waals surface area contributed by atoms with Gasteiger partial charge in [-0.3, -0.25) is 19.3 Å². The molecule has 2 aromatic carbocycles. The SMILES string of the molecule is CC(=O)OC[C@@H]1[C@@H](OC(=O)c2ccccc2)[C@@H](OC(=O)c2ccccc2)C(OC(C)=O)N1C(C)=O. The summed E-state index contributed by atoms with van der Waals surface area (Å²) in [5, 5.41) is 0. The number of hydrogen-bond donors (Lipinski definition) is 0. The molecule has 2 aromatic rings. The van der Waals surface area contributed by atoms with Gasteiger partial charge in [-0.1, -0.05) is 36.4 Å². The summed E-state index contributed by atoms with van der Waals surface area (Å²) in [5.74, 6) is -3.53. The Kier molecular flexibility index (Phi) is 8.19. The fraction of sp³-hybridized carbons (Fsp3) is 0.320. The number of carbonyl (C=O) groups excluding carboxylic acids is 5. The predicted octanol–water partition coefficient (Wildman–Crippen LogP) is 2.12. The van der Waals surface area contributed by atoms with E-state index in [2.05, 4.69) is 0 Å². The Bertz CT molecular complexity index is 1090. The zero-order valence-electron chi connectivity index (χ0n) is 19.4. The maximum absolute atomic E-state index is 12.9. The minimum Gasteiger partial charge on any atom is -0.464 e. The molecular weight excluding hydrogens is 458 g/mol. The van der Waals surface area contributed by atoms with Gasteiger partial charge in [-0.2, -0.15) is 0 Å². The monoisotopic (exact) mass is 483 g/mol. The average molecular weight is 483 g/mol. The van der Waals surface area contributed by atoms with Gasteiger partial charge in [0.15, 0.2) is 12.2 Å². The van der Waals surface area contributed by atoms with E-state index < -0.39 is 60.9 Å². The van der Waals surface area contributed by atoms with Gasteiger partial charge in [-0.05, 0) is 24.3 Å². The van der Waals surface area contributed by atoms with Crippen molar-refractivity contribution < 1.29 is 42.9 Å². The van der Waals surface area contributed by atoms with E-state index in [0.717, 1.165) is 11.8 Å². The minimum absolute atomic E-state index is 0.194. The number of benzene rings is 2. The first kappa shape index (κ1) is 25.4. The molecule has 184 valence electrons. The average Bonchev–Trinajstić information content (AvgIpc) is 3.10. The molecule has 1 unspecified atom stereocenters. The second-order valence-corrected chi connectivity index (χ2v) is 7.77. The zero-order valence-corrected chi connectivity index (χ0v) is 19.4. The number of ether oxygens (including phenoxy) is 4. The molecule has 1 aliphatic heterocycles. The van der Waals surface area contributed by atoms with Crippen molar-refractivity contribution in [2.45, 2.75) is 45.2 Å². The summed E-state index contributed by atoms with van der Waals surface area (Å²) < 4.78 is 21.8. The van der Waals surface area contributed by atoms with Crippen LogP contribution in [0, 0.1) is 0 Å². The number of esters is 4. The Morgan fingerprint density at radius 2 is 1.17 bits per heavy atom. The Labute approximate surface area is 201 Å². The van der Waals surface area contributed by atoms with Gasteiger partial charge in [0.25, 0.3) is 0 Å². The minimum atomic E-state index is -1.42. The lowest BCUT2D eigenvalue weighted by Gasteiger charge is -2.28. The summed E-state index contributed by atoms with van der Waals surface area (Å²) >= 11 is 0. The molecule has 1 saturated heterocycles. The summed E-state index contributed by atoms with van der Waals surface area (Å²) in [7, 11) is 0. The highest BCUT2D eigenvalue weighted by Crippen LogP contribution is 2.33. The van der Waals surface area contributed by atoms with Crippen molar-refractivity contribution in [2.75, 3.05) is 6.61 Å². The molecule has 0 radical (unpaired) electrons. The largest absolute Gasteiger partial charge is 0.464 e. The number of rotatable bonds is 7. The highest BCUT2D eigenvalue weighted by Gasteiger charge is 2.57. The van der Waals surface area contributed by atoms with Crippen LogP contribution in [0.3, 0.4) is 0 Å². The molecule has 1 heterocycles. The molecule has 0 bridgehead atoms. The first-order chi connectivity index (χ1) is 16.7. The van der Waals surface area contributed by atoms with Gasteiger partial charge in [0.1, 0.15) is 12.6 Å². The van der Waals surface area contributed by atoms with E-state index in [1.54, 1.807) is 36.4 Å². The lowest BCUT2D eigenvalue weighted by atomic mass is 10.1. The highest BCUT2D eigenvalue weighted by atomic mass is 16.6. The lowest BCUT2D eigenvalue weighted by molar-refractivity contribution is -0.170.